The van der Waals surface area contributed by atoms with Crippen molar-refractivity contribution in [3.05, 3.63) is 48.6 Å². The van der Waals surface area contributed by atoms with Gasteiger partial charge >= 0.3 is 5.97 Å². The fourth-order valence-corrected chi connectivity index (χ4v) is 7.27. The van der Waals surface area contributed by atoms with Gasteiger partial charge in [-0.2, -0.15) is 0 Å². The zero-order chi connectivity index (χ0) is 41.7. The number of carbonyl (C=O) groups excluding carboxylic acids is 2. The lowest BCUT2D eigenvalue weighted by Gasteiger charge is -2.24. The quantitative estimate of drug-likeness (QED) is 0.0324. The number of hydrogen-bond acceptors (Lipinski definition) is 5. The molecule has 3 unspecified atom stereocenters. The molecule has 0 aliphatic rings. The minimum atomic E-state index is -0.788. The maximum atomic E-state index is 13.1. The third kappa shape index (κ3) is 40.4. The highest BCUT2D eigenvalue weighted by Crippen LogP contribution is 2.17. The molecule has 3 N–H and O–H groups in total. The van der Waals surface area contributed by atoms with Crippen molar-refractivity contribution in [2.75, 3.05) is 6.61 Å². The lowest BCUT2D eigenvalue weighted by Crippen LogP contribution is -2.46. The molecule has 1 amide bonds. The van der Waals surface area contributed by atoms with Crippen LogP contribution in [0.4, 0.5) is 0 Å². The van der Waals surface area contributed by atoms with Gasteiger partial charge in [-0.3, -0.25) is 9.59 Å². The number of aliphatic hydroxyl groups excluding tert-OH is 2. The molecule has 0 aromatic heterocycles. The summed E-state index contributed by atoms with van der Waals surface area (Å²) >= 11 is 0. The maximum absolute atomic E-state index is 13.1. The number of rotatable bonds is 43. The topological polar surface area (TPSA) is 95.9 Å². The average Bonchev–Trinajstić information content (AvgIpc) is 3.20. The molecule has 6 heteroatoms. The van der Waals surface area contributed by atoms with E-state index in [2.05, 4.69) is 74.7 Å². The lowest BCUT2D eigenvalue weighted by molar-refractivity contribution is -0.151. The van der Waals surface area contributed by atoms with Crippen LogP contribution in [0.5, 0.6) is 0 Å². The normalized spacial score (nSPS) is 13.7. The summed E-state index contributed by atoms with van der Waals surface area (Å²) in [5.74, 6) is -0.502. The van der Waals surface area contributed by atoms with Crippen molar-refractivity contribution in [2.45, 2.75) is 257 Å². The number of carbonyl (C=O) groups is 2. The van der Waals surface area contributed by atoms with Gasteiger partial charge in [0.15, 0.2) is 0 Å². The second kappa shape index (κ2) is 44.9. The molecule has 0 rings (SSSR count). The molecule has 0 aromatic carbocycles. The molecular weight excluding hydrogens is 707 g/mol. The van der Waals surface area contributed by atoms with Crippen molar-refractivity contribution in [1.29, 1.82) is 0 Å². The van der Waals surface area contributed by atoms with Crippen LogP contribution in [0.15, 0.2) is 48.6 Å². The summed E-state index contributed by atoms with van der Waals surface area (Å²) in [5.41, 5.74) is 0. The van der Waals surface area contributed by atoms with Crippen molar-refractivity contribution < 1.29 is 24.5 Å². The minimum absolute atomic E-state index is 0.0682. The Morgan fingerprint density at radius 1 is 0.509 bits per heavy atom. The number of nitrogens with one attached hydrogen (secondary N) is 1. The Hall–Kier alpha value is -2.18. The second-order valence-electron chi connectivity index (χ2n) is 16.6. The predicted molar refractivity (Wildman–Crippen MR) is 245 cm³/mol. The summed E-state index contributed by atoms with van der Waals surface area (Å²) in [7, 11) is 0. The van der Waals surface area contributed by atoms with Gasteiger partial charge in [-0.15, -0.1) is 0 Å². The SMILES string of the molecule is CCCCC/C=C/C=C/C=C/C=C/CCCCCCCC(=O)OC(CCCCCCCCC)CC(=O)NC(CO)C(O)CCCCCCCCCCCCCCC. The van der Waals surface area contributed by atoms with Crippen molar-refractivity contribution in [3.8, 4) is 0 Å². The number of ether oxygens (including phenoxy) is 1. The van der Waals surface area contributed by atoms with Crippen LogP contribution in [0.25, 0.3) is 0 Å². The van der Waals surface area contributed by atoms with Crippen LogP contribution in [0, 0.1) is 0 Å². The van der Waals surface area contributed by atoms with E-state index in [1.165, 1.54) is 109 Å². The first-order chi connectivity index (χ1) is 28.0. The van der Waals surface area contributed by atoms with E-state index < -0.39 is 18.2 Å². The molecule has 6 nitrogen and oxygen atoms in total. The van der Waals surface area contributed by atoms with E-state index >= 15 is 0 Å². The third-order valence-corrected chi connectivity index (χ3v) is 11.0. The number of allylic oxidation sites excluding steroid dienone is 8. The summed E-state index contributed by atoms with van der Waals surface area (Å²) in [6, 6.07) is -0.703. The molecule has 0 spiro atoms. The first-order valence-electron chi connectivity index (χ1n) is 24.4. The van der Waals surface area contributed by atoms with E-state index in [9.17, 15) is 19.8 Å². The number of unbranched alkanes of at least 4 members (excludes halogenated alkanes) is 26. The van der Waals surface area contributed by atoms with E-state index in [1.807, 2.05) is 0 Å². The maximum Gasteiger partial charge on any atom is 0.306 e. The van der Waals surface area contributed by atoms with Crippen molar-refractivity contribution >= 4 is 11.9 Å². The summed E-state index contributed by atoms with van der Waals surface area (Å²) < 4.78 is 5.88. The zero-order valence-corrected chi connectivity index (χ0v) is 37.7. The highest BCUT2D eigenvalue weighted by molar-refractivity contribution is 5.77. The zero-order valence-electron chi connectivity index (χ0n) is 37.7. The van der Waals surface area contributed by atoms with Crippen molar-refractivity contribution in [1.82, 2.24) is 5.32 Å². The number of hydrogen-bond donors (Lipinski definition) is 3. The number of esters is 1. The smallest absolute Gasteiger partial charge is 0.306 e. The Labute approximate surface area is 353 Å². The van der Waals surface area contributed by atoms with Crippen LogP contribution >= 0.6 is 0 Å². The van der Waals surface area contributed by atoms with Crippen molar-refractivity contribution in [2.24, 2.45) is 0 Å². The standard InChI is InChI=1S/C51H93NO5/c1-4-7-10-13-16-18-20-22-23-24-25-26-28-30-32-35-38-41-44-51(56)57-47(42-39-36-33-15-12-9-6-3)45-50(55)52-48(46-53)49(54)43-40-37-34-31-29-27-21-19-17-14-11-8-5-2/h16,18,20,22-26,47-49,53-54H,4-15,17,19,21,27-46H2,1-3H3,(H,52,55)/b18-16+,22-20+,24-23+,26-25+. The molecule has 0 aliphatic carbocycles. The molecule has 0 saturated heterocycles. The molecular formula is C51H93NO5. The molecule has 57 heavy (non-hydrogen) atoms. The summed E-state index contributed by atoms with van der Waals surface area (Å²) in [5, 5.41) is 23.6. The van der Waals surface area contributed by atoms with Gasteiger partial charge in [0, 0.05) is 6.42 Å². The summed E-state index contributed by atoms with van der Waals surface area (Å²) in [4.78, 5) is 25.9. The van der Waals surface area contributed by atoms with E-state index in [-0.39, 0.29) is 24.9 Å². The van der Waals surface area contributed by atoms with Gasteiger partial charge in [-0.1, -0.05) is 223 Å². The van der Waals surface area contributed by atoms with Crippen molar-refractivity contribution in [3.63, 3.8) is 0 Å². The largest absolute Gasteiger partial charge is 0.462 e. The first-order valence-corrected chi connectivity index (χ1v) is 24.4. The van der Waals surface area contributed by atoms with Gasteiger partial charge < -0.3 is 20.3 Å². The molecule has 0 aliphatic heterocycles. The fraction of sp³-hybridized carbons (Fsp3) is 0.804. The minimum Gasteiger partial charge on any atom is -0.462 e. The van der Waals surface area contributed by atoms with E-state index in [0.717, 1.165) is 83.5 Å². The molecule has 0 bridgehead atoms. The van der Waals surface area contributed by atoms with Gasteiger partial charge in [0.2, 0.25) is 5.91 Å². The predicted octanol–water partition coefficient (Wildman–Crippen LogP) is 14.3. The highest BCUT2D eigenvalue weighted by Gasteiger charge is 2.24. The summed E-state index contributed by atoms with van der Waals surface area (Å²) in [6.45, 7) is 6.40. The highest BCUT2D eigenvalue weighted by atomic mass is 16.5. The van der Waals surface area contributed by atoms with Crippen LogP contribution in [0.1, 0.15) is 239 Å². The van der Waals surface area contributed by atoms with Crippen LogP contribution in [-0.4, -0.2) is 46.9 Å². The van der Waals surface area contributed by atoms with Gasteiger partial charge in [0.1, 0.15) is 6.10 Å². The van der Waals surface area contributed by atoms with Gasteiger partial charge in [0.05, 0.1) is 25.2 Å². The Balaban J connectivity index is 4.44. The molecule has 0 fully saturated rings. The lowest BCUT2D eigenvalue weighted by atomic mass is 10.0. The first kappa shape index (κ1) is 54.8. The molecule has 3 atom stereocenters. The monoisotopic (exact) mass is 800 g/mol. The van der Waals surface area contributed by atoms with Gasteiger partial charge in [-0.05, 0) is 51.4 Å². The van der Waals surface area contributed by atoms with Gasteiger partial charge in [0.25, 0.3) is 0 Å². The Morgan fingerprint density at radius 3 is 1.39 bits per heavy atom. The van der Waals surface area contributed by atoms with Crippen LogP contribution in [-0.2, 0) is 14.3 Å². The number of aliphatic hydroxyl groups is 2. The second-order valence-corrected chi connectivity index (χ2v) is 16.6. The Kier molecular flexibility index (Phi) is 43.2. The van der Waals surface area contributed by atoms with Crippen LogP contribution in [0.2, 0.25) is 0 Å². The van der Waals surface area contributed by atoms with E-state index in [0.29, 0.717) is 19.3 Å². The van der Waals surface area contributed by atoms with Crippen LogP contribution in [0.3, 0.4) is 0 Å². The third-order valence-electron chi connectivity index (χ3n) is 11.0. The fourth-order valence-electron chi connectivity index (χ4n) is 7.27. The molecule has 332 valence electrons. The van der Waals surface area contributed by atoms with Gasteiger partial charge in [-0.25, -0.2) is 0 Å². The molecule has 0 radical (unpaired) electrons. The average molecular weight is 800 g/mol. The van der Waals surface area contributed by atoms with E-state index in [4.69, 9.17) is 4.74 Å². The molecule has 0 saturated carbocycles. The number of amides is 1. The molecule has 0 aromatic rings. The van der Waals surface area contributed by atoms with E-state index in [1.54, 1.807) is 0 Å². The van der Waals surface area contributed by atoms with Crippen LogP contribution < -0.4 is 5.32 Å². The summed E-state index contributed by atoms with van der Waals surface area (Å²) in [6.07, 6.45) is 53.2. The Morgan fingerprint density at radius 2 is 0.895 bits per heavy atom. The Bertz CT molecular complexity index is 988. The molecule has 0 heterocycles.